The zero-order chi connectivity index (χ0) is 21.7. The molecule has 0 aliphatic heterocycles. The fourth-order valence-corrected chi connectivity index (χ4v) is 3.16. The highest BCUT2D eigenvalue weighted by molar-refractivity contribution is 6.02. The van der Waals surface area contributed by atoms with Gasteiger partial charge in [-0.3, -0.25) is 9.59 Å². The van der Waals surface area contributed by atoms with Gasteiger partial charge in [-0.15, -0.1) is 0 Å². The summed E-state index contributed by atoms with van der Waals surface area (Å²) < 4.78 is 1.69. The molecule has 0 aliphatic rings. The van der Waals surface area contributed by atoms with E-state index in [1.54, 1.807) is 17.8 Å². The van der Waals surface area contributed by atoms with Crippen LogP contribution in [0.15, 0.2) is 60.8 Å². The Morgan fingerprint density at radius 3 is 2.27 bits per heavy atom. The number of rotatable bonds is 7. The quantitative estimate of drug-likeness (QED) is 0.627. The van der Waals surface area contributed by atoms with Gasteiger partial charge in [0.15, 0.2) is 0 Å². The number of likely N-dealkylation sites (N-methyl/N-ethyl adjacent to an activating group) is 1. The van der Waals surface area contributed by atoms with Crippen LogP contribution >= 0.6 is 0 Å². The van der Waals surface area contributed by atoms with E-state index in [9.17, 15) is 9.59 Å². The molecule has 1 heterocycles. The molecule has 0 spiro atoms. The third-order valence-corrected chi connectivity index (χ3v) is 4.92. The van der Waals surface area contributed by atoms with Crippen LogP contribution in [-0.2, 0) is 4.79 Å². The summed E-state index contributed by atoms with van der Waals surface area (Å²) in [5, 5.41) is 10.2. The molecule has 2 N–H and O–H groups in total. The number of carbonyl (C=O) groups is 2. The molecule has 0 saturated heterocycles. The molecule has 2 aromatic carbocycles. The fraction of sp³-hybridized carbons (Fsp3) is 0.292. The lowest BCUT2D eigenvalue weighted by molar-refractivity contribution is -0.122. The molecule has 6 nitrogen and oxygen atoms in total. The van der Waals surface area contributed by atoms with Crippen LogP contribution in [0.3, 0.4) is 0 Å². The van der Waals surface area contributed by atoms with E-state index in [1.165, 1.54) is 5.56 Å². The molecular formula is C24H28N4O2. The van der Waals surface area contributed by atoms with Crippen LogP contribution in [0.5, 0.6) is 0 Å². The predicted molar refractivity (Wildman–Crippen MR) is 119 cm³/mol. The van der Waals surface area contributed by atoms with Crippen molar-refractivity contribution >= 4 is 11.8 Å². The standard InChI is InChI=1S/C24H28N4O2/c1-5-25-23(29)17(4)26-24(30)21-15-28(20-9-7-6-8-10-20)27-22(21)19-13-11-18(12-14-19)16(2)3/h6-17H,5H2,1-4H3,(H,25,29)(H,26,30)/t17-/m1/s1. The van der Waals surface area contributed by atoms with Crippen LogP contribution in [-0.4, -0.2) is 34.2 Å². The van der Waals surface area contributed by atoms with Crippen molar-refractivity contribution in [1.29, 1.82) is 0 Å². The summed E-state index contributed by atoms with van der Waals surface area (Å²) in [5.74, 6) is -0.135. The maximum atomic E-state index is 13.0. The maximum absolute atomic E-state index is 13.0. The van der Waals surface area contributed by atoms with Crippen molar-refractivity contribution in [2.45, 2.75) is 39.7 Å². The van der Waals surface area contributed by atoms with Crippen LogP contribution in [0.4, 0.5) is 0 Å². The average Bonchev–Trinajstić information content (AvgIpc) is 3.20. The minimum atomic E-state index is -0.645. The number of carbonyl (C=O) groups excluding carboxylic acids is 2. The molecular weight excluding hydrogens is 376 g/mol. The van der Waals surface area contributed by atoms with Gasteiger partial charge >= 0.3 is 0 Å². The topological polar surface area (TPSA) is 76.0 Å². The molecule has 3 rings (SSSR count). The number of para-hydroxylation sites is 1. The number of hydrogen-bond acceptors (Lipinski definition) is 3. The summed E-state index contributed by atoms with van der Waals surface area (Å²) in [7, 11) is 0. The van der Waals surface area contributed by atoms with Crippen molar-refractivity contribution in [1.82, 2.24) is 20.4 Å². The van der Waals surface area contributed by atoms with Crippen LogP contribution in [0, 0.1) is 0 Å². The highest BCUT2D eigenvalue weighted by atomic mass is 16.2. The van der Waals surface area contributed by atoms with Gasteiger partial charge in [0, 0.05) is 18.3 Å². The molecule has 0 unspecified atom stereocenters. The Kier molecular flexibility index (Phi) is 6.67. The molecule has 1 aromatic heterocycles. The largest absolute Gasteiger partial charge is 0.355 e. The van der Waals surface area contributed by atoms with Crippen LogP contribution in [0.25, 0.3) is 16.9 Å². The lowest BCUT2D eigenvalue weighted by Crippen LogP contribution is -2.44. The number of hydrogen-bond donors (Lipinski definition) is 2. The lowest BCUT2D eigenvalue weighted by Gasteiger charge is -2.13. The first-order chi connectivity index (χ1) is 14.4. The van der Waals surface area contributed by atoms with E-state index in [0.717, 1.165) is 11.3 Å². The molecule has 1 atom stereocenters. The van der Waals surface area contributed by atoms with Gasteiger partial charge in [-0.1, -0.05) is 56.3 Å². The fourth-order valence-electron chi connectivity index (χ4n) is 3.16. The van der Waals surface area contributed by atoms with Crippen molar-refractivity contribution in [3.05, 3.63) is 71.9 Å². The van der Waals surface area contributed by atoms with Crippen LogP contribution in [0.2, 0.25) is 0 Å². The van der Waals surface area contributed by atoms with Gasteiger partial charge in [-0.2, -0.15) is 5.10 Å². The highest BCUT2D eigenvalue weighted by Crippen LogP contribution is 2.26. The Balaban J connectivity index is 1.98. The average molecular weight is 405 g/mol. The van der Waals surface area contributed by atoms with Crippen LogP contribution in [0.1, 0.15) is 49.5 Å². The van der Waals surface area contributed by atoms with Gasteiger partial charge in [0.25, 0.3) is 5.91 Å². The second-order valence-corrected chi connectivity index (χ2v) is 7.54. The van der Waals surface area contributed by atoms with Crippen molar-refractivity contribution < 1.29 is 9.59 Å². The first kappa shape index (κ1) is 21.3. The molecule has 0 bridgehead atoms. The Morgan fingerprint density at radius 1 is 1.00 bits per heavy atom. The zero-order valence-corrected chi connectivity index (χ0v) is 17.8. The summed E-state index contributed by atoms with van der Waals surface area (Å²) in [6.45, 7) is 8.30. The molecule has 3 aromatic rings. The monoisotopic (exact) mass is 404 g/mol. The Labute approximate surface area is 177 Å². The van der Waals surface area contributed by atoms with E-state index < -0.39 is 6.04 Å². The van der Waals surface area contributed by atoms with E-state index in [2.05, 4.69) is 36.6 Å². The molecule has 0 saturated carbocycles. The summed E-state index contributed by atoms with van der Waals surface area (Å²) in [6.07, 6.45) is 1.71. The SMILES string of the molecule is CCNC(=O)[C@@H](C)NC(=O)c1cn(-c2ccccc2)nc1-c1ccc(C(C)C)cc1. The summed E-state index contributed by atoms with van der Waals surface area (Å²) in [4.78, 5) is 25.1. The van der Waals surface area contributed by atoms with Crippen molar-refractivity contribution in [3.8, 4) is 16.9 Å². The van der Waals surface area contributed by atoms with Gasteiger partial charge in [0.05, 0.1) is 11.3 Å². The van der Waals surface area contributed by atoms with Gasteiger partial charge < -0.3 is 10.6 Å². The normalized spacial score (nSPS) is 11.9. The Morgan fingerprint density at radius 2 is 1.67 bits per heavy atom. The summed E-state index contributed by atoms with van der Waals surface area (Å²) in [6, 6.07) is 17.1. The zero-order valence-electron chi connectivity index (χ0n) is 17.8. The third kappa shape index (κ3) is 4.76. The number of benzene rings is 2. The lowest BCUT2D eigenvalue weighted by atomic mass is 9.99. The molecule has 30 heavy (non-hydrogen) atoms. The predicted octanol–water partition coefficient (Wildman–Crippen LogP) is 3.92. The molecule has 6 heteroatoms. The molecule has 156 valence electrons. The van der Waals surface area contributed by atoms with Crippen molar-refractivity contribution in [2.24, 2.45) is 0 Å². The van der Waals surface area contributed by atoms with E-state index in [4.69, 9.17) is 5.10 Å². The Hall–Kier alpha value is -3.41. The minimum Gasteiger partial charge on any atom is -0.355 e. The molecule has 0 fully saturated rings. The number of aromatic nitrogens is 2. The Bertz CT molecular complexity index is 1010. The van der Waals surface area contributed by atoms with Crippen LogP contribution < -0.4 is 10.6 Å². The smallest absolute Gasteiger partial charge is 0.255 e. The number of amides is 2. The first-order valence-electron chi connectivity index (χ1n) is 10.2. The number of nitrogens with zero attached hydrogens (tertiary/aromatic N) is 2. The van der Waals surface area contributed by atoms with Gasteiger partial charge in [-0.05, 0) is 37.5 Å². The van der Waals surface area contributed by atoms with E-state index in [1.807, 2.05) is 49.4 Å². The second-order valence-electron chi connectivity index (χ2n) is 7.54. The van der Waals surface area contributed by atoms with Gasteiger partial charge in [0.1, 0.15) is 11.7 Å². The van der Waals surface area contributed by atoms with Crippen molar-refractivity contribution in [3.63, 3.8) is 0 Å². The highest BCUT2D eigenvalue weighted by Gasteiger charge is 2.22. The maximum Gasteiger partial charge on any atom is 0.255 e. The van der Waals surface area contributed by atoms with Gasteiger partial charge in [0.2, 0.25) is 5.91 Å². The van der Waals surface area contributed by atoms with Crippen molar-refractivity contribution in [2.75, 3.05) is 6.54 Å². The molecule has 0 radical (unpaired) electrons. The summed E-state index contributed by atoms with van der Waals surface area (Å²) in [5.41, 5.74) is 3.93. The molecule has 0 aliphatic carbocycles. The second kappa shape index (κ2) is 9.39. The van der Waals surface area contributed by atoms with E-state index in [0.29, 0.717) is 23.7 Å². The third-order valence-electron chi connectivity index (χ3n) is 4.92. The first-order valence-corrected chi connectivity index (χ1v) is 10.2. The summed E-state index contributed by atoms with van der Waals surface area (Å²) >= 11 is 0. The van der Waals surface area contributed by atoms with Gasteiger partial charge in [-0.25, -0.2) is 4.68 Å². The molecule has 2 amide bonds. The van der Waals surface area contributed by atoms with E-state index >= 15 is 0 Å². The van der Waals surface area contributed by atoms with E-state index in [-0.39, 0.29) is 11.8 Å². The minimum absolute atomic E-state index is 0.218. The number of nitrogens with one attached hydrogen (secondary N) is 2.